The second kappa shape index (κ2) is 7.97. The minimum atomic E-state index is -3.73. The van der Waals surface area contributed by atoms with Crippen LogP contribution in [0.3, 0.4) is 0 Å². The maximum absolute atomic E-state index is 12.8. The minimum Gasteiger partial charge on any atom is -0.343 e. The second-order valence-corrected chi connectivity index (χ2v) is 13.6. The first kappa shape index (κ1) is 22.9. The van der Waals surface area contributed by atoms with Gasteiger partial charge >= 0.3 is 0 Å². The molecule has 7 nitrogen and oxygen atoms in total. The molecule has 0 aliphatic carbocycles. The lowest BCUT2D eigenvalue weighted by molar-refractivity contribution is 0.505. The van der Waals surface area contributed by atoms with E-state index in [0.717, 1.165) is 33.4 Å². The average molecular weight is 476 g/mol. The zero-order chi connectivity index (χ0) is 23.3. The fourth-order valence-electron chi connectivity index (χ4n) is 4.06. The SMILES string of the molecule is Cc1cnc2[nH]c(C(C)(C)C)cc2c1-c1ccc(S(=O)(=O)NC2CCS(=O)(=O)CC2)cc1. The number of aromatic nitrogens is 2. The summed E-state index contributed by atoms with van der Waals surface area (Å²) < 4.78 is 51.5. The molecule has 0 unspecified atom stereocenters. The smallest absolute Gasteiger partial charge is 0.240 e. The molecule has 1 saturated heterocycles. The van der Waals surface area contributed by atoms with Gasteiger partial charge in [-0.2, -0.15) is 0 Å². The number of nitrogens with one attached hydrogen (secondary N) is 2. The van der Waals surface area contributed by atoms with Crippen molar-refractivity contribution in [1.82, 2.24) is 14.7 Å². The van der Waals surface area contributed by atoms with Crippen molar-refractivity contribution in [3.8, 4) is 11.1 Å². The number of hydrogen-bond donors (Lipinski definition) is 2. The summed E-state index contributed by atoms with van der Waals surface area (Å²) in [6.07, 6.45) is 2.43. The number of nitrogens with zero attached hydrogens (tertiary/aromatic N) is 1. The van der Waals surface area contributed by atoms with Crippen molar-refractivity contribution >= 4 is 30.9 Å². The third-order valence-corrected chi connectivity index (χ3v) is 9.24. The summed E-state index contributed by atoms with van der Waals surface area (Å²) in [4.78, 5) is 8.10. The molecule has 1 aromatic carbocycles. The third-order valence-electron chi connectivity index (χ3n) is 5.99. The van der Waals surface area contributed by atoms with Gasteiger partial charge in [-0.3, -0.25) is 0 Å². The normalized spacial score (nSPS) is 17.6. The van der Waals surface area contributed by atoms with Crippen LogP contribution in [0.4, 0.5) is 0 Å². The van der Waals surface area contributed by atoms with Crippen LogP contribution in [0.1, 0.15) is 44.9 Å². The lowest BCUT2D eigenvalue weighted by atomic mass is 9.91. The number of benzene rings is 1. The molecule has 0 bridgehead atoms. The first-order valence-electron chi connectivity index (χ1n) is 10.7. The van der Waals surface area contributed by atoms with Gasteiger partial charge in [0.25, 0.3) is 0 Å². The summed E-state index contributed by atoms with van der Waals surface area (Å²) in [5.41, 5.74) is 4.79. The molecule has 0 spiro atoms. The van der Waals surface area contributed by atoms with Gasteiger partial charge in [0.1, 0.15) is 15.5 Å². The number of aromatic amines is 1. The van der Waals surface area contributed by atoms with Crippen molar-refractivity contribution in [3.05, 3.63) is 47.8 Å². The Bertz CT molecular complexity index is 1350. The number of sulfone groups is 1. The Morgan fingerprint density at radius 1 is 1.09 bits per heavy atom. The fraction of sp³-hybridized carbons (Fsp3) is 0.435. The van der Waals surface area contributed by atoms with E-state index in [2.05, 4.69) is 41.5 Å². The van der Waals surface area contributed by atoms with Gasteiger partial charge < -0.3 is 4.98 Å². The quantitative estimate of drug-likeness (QED) is 0.598. The standard InChI is InChI=1S/C23H29N3O4S2/c1-15-14-24-22-19(13-20(25-22)23(2,3)4)21(15)16-5-7-18(8-6-16)32(29,30)26-17-9-11-31(27,28)12-10-17/h5-8,13-14,17,26H,9-12H2,1-4H3,(H,24,25). The number of fused-ring (bicyclic) bond motifs is 1. The molecule has 0 radical (unpaired) electrons. The fourth-order valence-corrected chi connectivity index (χ4v) is 6.85. The Morgan fingerprint density at radius 2 is 1.72 bits per heavy atom. The predicted molar refractivity (Wildman–Crippen MR) is 127 cm³/mol. The molecular formula is C23H29N3O4S2. The topological polar surface area (TPSA) is 109 Å². The van der Waals surface area contributed by atoms with Crippen molar-refractivity contribution in [2.45, 2.75) is 56.9 Å². The van der Waals surface area contributed by atoms with Crippen LogP contribution in [0.25, 0.3) is 22.2 Å². The molecule has 1 aliphatic heterocycles. The van der Waals surface area contributed by atoms with E-state index in [0.29, 0.717) is 12.8 Å². The van der Waals surface area contributed by atoms with Crippen molar-refractivity contribution in [3.63, 3.8) is 0 Å². The average Bonchev–Trinajstić information content (AvgIpc) is 3.14. The van der Waals surface area contributed by atoms with Gasteiger partial charge in [0, 0.05) is 28.7 Å². The van der Waals surface area contributed by atoms with Gasteiger partial charge in [-0.15, -0.1) is 0 Å². The molecule has 1 fully saturated rings. The largest absolute Gasteiger partial charge is 0.343 e. The van der Waals surface area contributed by atoms with Crippen molar-refractivity contribution in [2.24, 2.45) is 0 Å². The van der Waals surface area contributed by atoms with Gasteiger partial charge in [0.15, 0.2) is 0 Å². The van der Waals surface area contributed by atoms with Crippen LogP contribution in [-0.2, 0) is 25.3 Å². The van der Waals surface area contributed by atoms with E-state index in [1.165, 1.54) is 0 Å². The zero-order valence-electron chi connectivity index (χ0n) is 18.8. The Balaban J connectivity index is 1.63. The van der Waals surface area contributed by atoms with Crippen LogP contribution in [0, 0.1) is 6.92 Å². The number of sulfonamides is 1. The molecule has 32 heavy (non-hydrogen) atoms. The number of rotatable bonds is 4. The highest BCUT2D eigenvalue weighted by Gasteiger charge is 2.27. The van der Waals surface area contributed by atoms with E-state index in [1.54, 1.807) is 12.1 Å². The summed E-state index contributed by atoms with van der Waals surface area (Å²) in [6, 6.07) is 8.58. The van der Waals surface area contributed by atoms with Gasteiger partial charge in [-0.05, 0) is 54.7 Å². The van der Waals surface area contributed by atoms with E-state index in [4.69, 9.17) is 0 Å². The number of H-pyrrole nitrogens is 1. The van der Waals surface area contributed by atoms with E-state index in [-0.39, 0.29) is 27.9 Å². The van der Waals surface area contributed by atoms with Crippen molar-refractivity contribution in [1.29, 1.82) is 0 Å². The van der Waals surface area contributed by atoms with Crippen molar-refractivity contribution in [2.75, 3.05) is 11.5 Å². The van der Waals surface area contributed by atoms with E-state index in [9.17, 15) is 16.8 Å². The molecular weight excluding hydrogens is 446 g/mol. The molecule has 172 valence electrons. The number of pyridine rings is 1. The van der Waals surface area contributed by atoms with Gasteiger partial charge in [-0.1, -0.05) is 32.9 Å². The molecule has 3 heterocycles. The van der Waals surface area contributed by atoms with Gasteiger partial charge in [0.2, 0.25) is 10.0 Å². The maximum atomic E-state index is 12.8. The highest BCUT2D eigenvalue weighted by atomic mass is 32.2. The Kier molecular flexibility index (Phi) is 5.71. The molecule has 0 saturated carbocycles. The molecule has 0 atom stereocenters. The van der Waals surface area contributed by atoms with E-state index in [1.807, 2.05) is 25.3 Å². The van der Waals surface area contributed by atoms with Gasteiger partial charge in [0.05, 0.1) is 16.4 Å². The molecule has 1 aliphatic rings. The maximum Gasteiger partial charge on any atom is 0.240 e. The third kappa shape index (κ3) is 4.60. The van der Waals surface area contributed by atoms with Crippen LogP contribution >= 0.6 is 0 Å². The zero-order valence-corrected chi connectivity index (χ0v) is 20.4. The second-order valence-electron chi connectivity index (χ2n) is 9.58. The highest BCUT2D eigenvalue weighted by Crippen LogP contribution is 2.34. The highest BCUT2D eigenvalue weighted by molar-refractivity contribution is 7.91. The molecule has 4 rings (SSSR count). The predicted octanol–water partition coefficient (Wildman–Crippen LogP) is 3.69. The summed E-state index contributed by atoms with van der Waals surface area (Å²) in [5, 5.41) is 1.01. The van der Waals surface area contributed by atoms with Crippen LogP contribution in [0.2, 0.25) is 0 Å². The summed E-state index contributed by atoms with van der Waals surface area (Å²) in [6.45, 7) is 8.41. The summed E-state index contributed by atoms with van der Waals surface area (Å²) >= 11 is 0. The first-order valence-corrected chi connectivity index (χ1v) is 14.0. The monoisotopic (exact) mass is 475 g/mol. The van der Waals surface area contributed by atoms with Crippen LogP contribution < -0.4 is 4.72 Å². The van der Waals surface area contributed by atoms with E-state index >= 15 is 0 Å². The van der Waals surface area contributed by atoms with Crippen LogP contribution in [0.5, 0.6) is 0 Å². The van der Waals surface area contributed by atoms with Crippen LogP contribution in [-0.4, -0.2) is 44.4 Å². The van der Waals surface area contributed by atoms with Crippen molar-refractivity contribution < 1.29 is 16.8 Å². The molecule has 0 amide bonds. The Labute approximate surface area is 189 Å². The lowest BCUT2D eigenvalue weighted by Gasteiger charge is -2.23. The first-order chi connectivity index (χ1) is 14.9. The summed E-state index contributed by atoms with van der Waals surface area (Å²) in [5.74, 6) is 0.0350. The Morgan fingerprint density at radius 3 is 2.31 bits per heavy atom. The van der Waals surface area contributed by atoms with Crippen LogP contribution in [0.15, 0.2) is 41.4 Å². The van der Waals surface area contributed by atoms with E-state index < -0.39 is 19.9 Å². The number of hydrogen-bond acceptors (Lipinski definition) is 5. The molecule has 2 aromatic heterocycles. The molecule has 9 heteroatoms. The minimum absolute atomic E-state index is 0.0175. The Hall–Kier alpha value is -2.23. The molecule has 2 N–H and O–H groups in total. The number of aryl methyl sites for hydroxylation is 1. The lowest BCUT2D eigenvalue weighted by Crippen LogP contribution is -2.40. The summed E-state index contributed by atoms with van der Waals surface area (Å²) in [7, 11) is -6.77. The van der Waals surface area contributed by atoms with Gasteiger partial charge in [-0.25, -0.2) is 26.5 Å². The molecule has 3 aromatic rings.